The van der Waals surface area contributed by atoms with E-state index in [0.29, 0.717) is 0 Å². The van der Waals surface area contributed by atoms with E-state index < -0.39 is 0 Å². The van der Waals surface area contributed by atoms with Crippen LogP contribution in [0, 0.1) is 5.92 Å². The van der Waals surface area contributed by atoms with E-state index in [4.69, 9.17) is 0 Å². The van der Waals surface area contributed by atoms with Crippen molar-refractivity contribution in [3.8, 4) is 0 Å². The first-order chi connectivity index (χ1) is 7.29. The number of hydrogen-bond acceptors (Lipinski definition) is 2. The molecule has 0 aliphatic carbocycles. The van der Waals surface area contributed by atoms with E-state index in [0.717, 1.165) is 12.0 Å². The fourth-order valence-corrected chi connectivity index (χ4v) is 3.48. The van der Waals surface area contributed by atoms with Crippen LogP contribution < -0.4 is 0 Å². The predicted octanol–water partition coefficient (Wildman–Crippen LogP) is 2.19. The molecule has 0 bridgehead atoms. The lowest BCUT2D eigenvalue weighted by Crippen LogP contribution is -2.43. The van der Waals surface area contributed by atoms with E-state index in [1.807, 2.05) is 0 Å². The molecular formula is C12H23BrN2. The number of rotatable bonds is 3. The highest BCUT2D eigenvalue weighted by atomic mass is 79.9. The molecule has 2 rings (SSSR count). The van der Waals surface area contributed by atoms with Gasteiger partial charge < -0.3 is 9.80 Å². The number of nitrogens with zero attached hydrogens (tertiary/aromatic N) is 2. The van der Waals surface area contributed by atoms with Gasteiger partial charge in [0.2, 0.25) is 0 Å². The van der Waals surface area contributed by atoms with Crippen LogP contribution >= 0.6 is 15.9 Å². The van der Waals surface area contributed by atoms with Crippen molar-refractivity contribution in [1.82, 2.24) is 9.80 Å². The van der Waals surface area contributed by atoms with Crippen LogP contribution in [-0.4, -0.2) is 54.4 Å². The molecule has 0 aromatic carbocycles. The van der Waals surface area contributed by atoms with Crippen molar-refractivity contribution >= 4 is 15.9 Å². The molecule has 0 amide bonds. The summed E-state index contributed by atoms with van der Waals surface area (Å²) in [4.78, 5) is 5.22. The Balaban J connectivity index is 1.78. The number of piperidine rings is 1. The second kappa shape index (κ2) is 5.65. The number of alkyl halides is 1. The SMILES string of the molecule is CN1CCCC1CN1CCCC(CBr)C1. The third-order valence-corrected chi connectivity index (χ3v) is 4.88. The van der Waals surface area contributed by atoms with Crippen molar-refractivity contribution in [1.29, 1.82) is 0 Å². The van der Waals surface area contributed by atoms with Crippen LogP contribution in [-0.2, 0) is 0 Å². The van der Waals surface area contributed by atoms with Gasteiger partial charge in [-0.3, -0.25) is 0 Å². The van der Waals surface area contributed by atoms with E-state index in [2.05, 4.69) is 32.8 Å². The molecule has 0 spiro atoms. The van der Waals surface area contributed by atoms with Crippen LogP contribution in [0.25, 0.3) is 0 Å². The maximum absolute atomic E-state index is 3.63. The maximum atomic E-state index is 3.63. The largest absolute Gasteiger partial charge is 0.302 e. The predicted molar refractivity (Wildman–Crippen MR) is 68.6 cm³/mol. The first-order valence-electron chi connectivity index (χ1n) is 6.28. The first kappa shape index (κ1) is 11.9. The molecule has 2 saturated heterocycles. The Morgan fingerprint density at radius 1 is 1.20 bits per heavy atom. The van der Waals surface area contributed by atoms with Gasteiger partial charge >= 0.3 is 0 Å². The highest BCUT2D eigenvalue weighted by molar-refractivity contribution is 9.09. The quantitative estimate of drug-likeness (QED) is 0.728. The molecule has 2 nitrogen and oxygen atoms in total. The van der Waals surface area contributed by atoms with Crippen molar-refractivity contribution < 1.29 is 0 Å². The number of likely N-dealkylation sites (N-methyl/N-ethyl adjacent to an activating group) is 1. The molecule has 2 aliphatic rings. The molecule has 15 heavy (non-hydrogen) atoms. The van der Waals surface area contributed by atoms with Gasteiger partial charge in [-0.2, -0.15) is 0 Å². The van der Waals surface area contributed by atoms with Gasteiger partial charge in [-0.25, -0.2) is 0 Å². The van der Waals surface area contributed by atoms with Crippen LogP contribution in [0.1, 0.15) is 25.7 Å². The van der Waals surface area contributed by atoms with E-state index in [1.54, 1.807) is 0 Å². The molecular weight excluding hydrogens is 252 g/mol. The van der Waals surface area contributed by atoms with Gasteiger partial charge in [0, 0.05) is 24.5 Å². The van der Waals surface area contributed by atoms with Gasteiger partial charge in [0.15, 0.2) is 0 Å². The van der Waals surface area contributed by atoms with Crippen LogP contribution in [0.4, 0.5) is 0 Å². The summed E-state index contributed by atoms with van der Waals surface area (Å²) in [6.45, 7) is 5.25. The second-order valence-corrected chi connectivity index (χ2v) is 5.85. The van der Waals surface area contributed by atoms with Crippen molar-refractivity contribution in [2.75, 3.05) is 38.6 Å². The standard InChI is InChI=1S/C12H23BrN2/c1-14-6-3-5-12(14)10-15-7-2-4-11(8-13)9-15/h11-12H,2-10H2,1H3. The molecule has 3 heteroatoms. The third-order valence-electron chi connectivity index (χ3n) is 3.96. The second-order valence-electron chi connectivity index (χ2n) is 5.20. The number of halogens is 1. The Kier molecular flexibility index (Phi) is 4.47. The summed E-state index contributed by atoms with van der Waals surface area (Å²) < 4.78 is 0. The minimum atomic E-state index is 0.832. The van der Waals surface area contributed by atoms with E-state index in [9.17, 15) is 0 Å². The lowest BCUT2D eigenvalue weighted by atomic mass is 9.99. The lowest BCUT2D eigenvalue weighted by molar-refractivity contribution is 0.144. The summed E-state index contributed by atoms with van der Waals surface area (Å²) >= 11 is 3.63. The van der Waals surface area contributed by atoms with Crippen molar-refractivity contribution in [3.05, 3.63) is 0 Å². The zero-order valence-corrected chi connectivity index (χ0v) is 11.4. The Hall–Kier alpha value is 0.400. The Morgan fingerprint density at radius 2 is 2.00 bits per heavy atom. The average Bonchev–Trinajstić information content (AvgIpc) is 2.65. The van der Waals surface area contributed by atoms with E-state index in [-0.39, 0.29) is 0 Å². The molecule has 0 aromatic heterocycles. The number of hydrogen-bond donors (Lipinski definition) is 0. The first-order valence-corrected chi connectivity index (χ1v) is 7.40. The fourth-order valence-electron chi connectivity index (χ4n) is 2.95. The molecule has 2 fully saturated rings. The third kappa shape index (κ3) is 3.18. The summed E-state index contributed by atoms with van der Waals surface area (Å²) in [5.74, 6) is 0.894. The minimum Gasteiger partial charge on any atom is -0.302 e. The minimum absolute atomic E-state index is 0.832. The van der Waals surface area contributed by atoms with Gasteiger partial charge in [0.1, 0.15) is 0 Å². The molecule has 0 radical (unpaired) electrons. The van der Waals surface area contributed by atoms with Crippen molar-refractivity contribution in [3.63, 3.8) is 0 Å². The van der Waals surface area contributed by atoms with E-state index >= 15 is 0 Å². The molecule has 0 aromatic rings. The molecule has 2 unspecified atom stereocenters. The van der Waals surface area contributed by atoms with Gasteiger partial charge in [-0.15, -0.1) is 0 Å². The molecule has 88 valence electrons. The van der Waals surface area contributed by atoms with Gasteiger partial charge in [0.05, 0.1) is 0 Å². The normalized spacial score (nSPS) is 34.8. The van der Waals surface area contributed by atoms with Crippen LogP contribution in [0.2, 0.25) is 0 Å². The van der Waals surface area contributed by atoms with Gasteiger partial charge in [0.25, 0.3) is 0 Å². The average molecular weight is 275 g/mol. The smallest absolute Gasteiger partial charge is 0.0220 e. The van der Waals surface area contributed by atoms with Gasteiger partial charge in [-0.1, -0.05) is 15.9 Å². The van der Waals surface area contributed by atoms with Crippen LogP contribution in [0.5, 0.6) is 0 Å². The summed E-state index contributed by atoms with van der Waals surface area (Å²) in [5, 5.41) is 1.18. The highest BCUT2D eigenvalue weighted by Gasteiger charge is 2.26. The summed E-state index contributed by atoms with van der Waals surface area (Å²) in [5.41, 5.74) is 0. The van der Waals surface area contributed by atoms with Crippen LogP contribution in [0.15, 0.2) is 0 Å². The lowest BCUT2D eigenvalue weighted by Gasteiger charge is -2.35. The zero-order valence-electron chi connectivity index (χ0n) is 9.79. The summed E-state index contributed by atoms with van der Waals surface area (Å²) in [6.07, 6.45) is 5.62. The van der Waals surface area contributed by atoms with E-state index in [1.165, 1.54) is 57.2 Å². The zero-order chi connectivity index (χ0) is 10.7. The fraction of sp³-hybridized carbons (Fsp3) is 1.00. The molecule has 0 saturated carbocycles. The summed E-state index contributed by atoms with van der Waals surface area (Å²) in [6, 6.07) is 0.832. The number of likely N-dealkylation sites (tertiary alicyclic amines) is 2. The Morgan fingerprint density at radius 3 is 2.67 bits per heavy atom. The van der Waals surface area contributed by atoms with Gasteiger partial charge in [-0.05, 0) is 51.7 Å². The maximum Gasteiger partial charge on any atom is 0.0220 e. The molecule has 0 N–H and O–H groups in total. The van der Waals surface area contributed by atoms with Crippen LogP contribution in [0.3, 0.4) is 0 Å². The molecule has 2 atom stereocenters. The highest BCUT2D eigenvalue weighted by Crippen LogP contribution is 2.21. The van der Waals surface area contributed by atoms with Crippen molar-refractivity contribution in [2.45, 2.75) is 31.7 Å². The summed E-state index contributed by atoms with van der Waals surface area (Å²) in [7, 11) is 2.28. The van der Waals surface area contributed by atoms with Crippen molar-refractivity contribution in [2.24, 2.45) is 5.92 Å². The Labute approximate surface area is 102 Å². The topological polar surface area (TPSA) is 6.48 Å². The monoisotopic (exact) mass is 274 g/mol. The Bertz CT molecular complexity index is 198. The molecule has 2 aliphatic heterocycles. The molecule has 2 heterocycles.